The molecule has 3 aromatic rings. The second-order valence-corrected chi connectivity index (χ2v) is 7.40. The van der Waals surface area contributed by atoms with Crippen molar-refractivity contribution in [3.8, 4) is 0 Å². The van der Waals surface area contributed by atoms with E-state index in [2.05, 4.69) is 58.5 Å². The van der Waals surface area contributed by atoms with Crippen LogP contribution in [0.5, 0.6) is 0 Å². The first kappa shape index (κ1) is 19.3. The lowest BCUT2D eigenvalue weighted by atomic mass is 9.86. The standard InChI is InChI=1S/C24H25N3O2/c1-18-15-26-23(16-25-18)24(28)27-12-13-29-21(17-27)14-22(19-8-4-2-5-9-19)20-10-6-3-7-11-20/h2-11,15-16,21-22H,12-14,17H2,1H3/t21-/m0/s1. The summed E-state index contributed by atoms with van der Waals surface area (Å²) in [6.07, 6.45) is 3.97. The van der Waals surface area contributed by atoms with Gasteiger partial charge in [0.1, 0.15) is 5.69 Å². The zero-order valence-electron chi connectivity index (χ0n) is 16.6. The molecule has 1 amide bonds. The predicted molar refractivity (Wildman–Crippen MR) is 112 cm³/mol. The van der Waals surface area contributed by atoms with E-state index < -0.39 is 0 Å². The van der Waals surface area contributed by atoms with Gasteiger partial charge in [-0.15, -0.1) is 0 Å². The Hall–Kier alpha value is -3.05. The normalized spacial score (nSPS) is 16.8. The van der Waals surface area contributed by atoms with Crippen molar-refractivity contribution in [1.29, 1.82) is 0 Å². The molecule has 148 valence electrons. The Bertz CT molecular complexity index is 890. The third kappa shape index (κ3) is 4.69. The van der Waals surface area contributed by atoms with E-state index in [-0.39, 0.29) is 17.9 Å². The van der Waals surface area contributed by atoms with Gasteiger partial charge in [0.05, 0.1) is 24.6 Å². The number of benzene rings is 2. The van der Waals surface area contributed by atoms with E-state index in [4.69, 9.17) is 4.74 Å². The van der Waals surface area contributed by atoms with E-state index in [1.807, 2.05) is 24.0 Å². The summed E-state index contributed by atoms with van der Waals surface area (Å²) in [5, 5.41) is 0. The first-order chi connectivity index (χ1) is 14.2. The molecular formula is C24H25N3O2. The molecule has 1 atom stereocenters. The molecule has 1 aliphatic rings. The van der Waals surface area contributed by atoms with Gasteiger partial charge in [-0.05, 0) is 24.5 Å². The van der Waals surface area contributed by atoms with Gasteiger partial charge in [0.25, 0.3) is 5.91 Å². The quantitative estimate of drug-likeness (QED) is 0.667. The molecule has 1 aliphatic heterocycles. The molecule has 0 spiro atoms. The molecule has 0 saturated carbocycles. The molecule has 1 saturated heterocycles. The number of hydrogen-bond donors (Lipinski definition) is 0. The molecule has 29 heavy (non-hydrogen) atoms. The maximum Gasteiger partial charge on any atom is 0.274 e. The van der Waals surface area contributed by atoms with Gasteiger partial charge in [-0.3, -0.25) is 9.78 Å². The first-order valence-electron chi connectivity index (χ1n) is 10.00. The predicted octanol–water partition coefficient (Wildman–Crippen LogP) is 3.85. The summed E-state index contributed by atoms with van der Waals surface area (Å²) < 4.78 is 6.06. The summed E-state index contributed by atoms with van der Waals surface area (Å²) in [6.45, 7) is 3.53. The van der Waals surface area contributed by atoms with E-state index >= 15 is 0 Å². The molecule has 1 fully saturated rings. The van der Waals surface area contributed by atoms with E-state index in [1.54, 1.807) is 12.4 Å². The van der Waals surface area contributed by atoms with Crippen LogP contribution in [-0.2, 0) is 4.74 Å². The van der Waals surface area contributed by atoms with Crippen molar-refractivity contribution in [2.75, 3.05) is 19.7 Å². The molecule has 0 aliphatic carbocycles. The van der Waals surface area contributed by atoms with Crippen LogP contribution in [0.25, 0.3) is 0 Å². The fourth-order valence-corrected chi connectivity index (χ4v) is 3.81. The lowest BCUT2D eigenvalue weighted by Gasteiger charge is -2.34. The van der Waals surface area contributed by atoms with Crippen LogP contribution in [0.1, 0.15) is 39.6 Å². The lowest BCUT2D eigenvalue weighted by Crippen LogP contribution is -2.46. The van der Waals surface area contributed by atoms with Crippen molar-refractivity contribution >= 4 is 5.91 Å². The highest BCUT2D eigenvalue weighted by molar-refractivity contribution is 5.92. The van der Waals surface area contributed by atoms with Gasteiger partial charge >= 0.3 is 0 Å². The molecule has 5 heteroatoms. The fourth-order valence-electron chi connectivity index (χ4n) is 3.81. The van der Waals surface area contributed by atoms with Gasteiger partial charge in [-0.1, -0.05) is 60.7 Å². The average Bonchev–Trinajstić information content (AvgIpc) is 2.79. The summed E-state index contributed by atoms with van der Waals surface area (Å²) in [5.74, 6) is 0.137. The molecule has 2 heterocycles. The van der Waals surface area contributed by atoms with Crippen LogP contribution in [0, 0.1) is 6.92 Å². The fraction of sp³-hybridized carbons (Fsp3) is 0.292. The highest BCUT2D eigenvalue weighted by Crippen LogP contribution is 2.31. The highest BCUT2D eigenvalue weighted by Gasteiger charge is 2.29. The molecule has 2 aromatic carbocycles. The van der Waals surface area contributed by atoms with Gasteiger partial charge in [0.2, 0.25) is 0 Å². The molecule has 0 radical (unpaired) electrons. The molecule has 1 aromatic heterocycles. The van der Waals surface area contributed by atoms with Crippen molar-refractivity contribution in [3.05, 3.63) is 95.6 Å². The summed E-state index contributed by atoms with van der Waals surface area (Å²) >= 11 is 0. The maximum atomic E-state index is 12.9. The number of nitrogens with zero attached hydrogens (tertiary/aromatic N) is 3. The van der Waals surface area contributed by atoms with Crippen LogP contribution in [0.2, 0.25) is 0 Å². The minimum Gasteiger partial charge on any atom is -0.375 e. The van der Waals surface area contributed by atoms with Gasteiger partial charge in [-0.25, -0.2) is 4.98 Å². The second kappa shape index (κ2) is 8.97. The molecule has 0 bridgehead atoms. The summed E-state index contributed by atoms with van der Waals surface area (Å²) in [6, 6.07) is 21.0. The number of morpholine rings is 1. The molecule has 4 rings (SSSR count). The zero-order chi connectivity index (χ0) is 20.1. The van der Waals surface area contributed by atoms with Crippen molar-refractivity contribution in [2.24, 2.45) is 0 Å². The van der Waals surface area contributed by atoms with Crippen LogP contribution >= 0.6 is 0 Å². The Balaban J connectivity index is 1.51. The van der Waals surface area contributed by atoms with Crippen LogP contribution < -0.4 is 0 Å². The van der Waals surface area contributed by atoms with E-state index in [0.717, 1.165) is 12.1 Å². The van der Waals surface area contributed by atoms with E-state index in [9.17, 15) is 4.79 Å². The van der Waals surface area contributed by atoms with Gasteiger partial charge in [0.15, 0.2) is 0 Å². The number of amides is 1. The third-order valence-corrected chi connectivity index (χ3v) is 5.33. The zero-order valence-corrected chi connectivity index (χ0v) is 16.6. The number of carbonyl (C=O) groups excluding carboxylic acids is 1. The smallest absolute Gasteiger partial charge is 0.274 e. The Morgan fingerprint density at radius 3 is 2.28 bits per heavy atom. The minimum absolute atomic E-state index is 0.0310. The van der Waals surface area contributed by atoms with Crippen LogP contribution in [0.3, 0.4) is 0 Å². The lowest BCUT2D eigenvalue weighted by molar-refractivity contribution is -0.0266. The SMILES string of the molecule is Cc1cnc(C(=O)N2CCO[C@@H](CC(c3ccccc3)c3ccccc3)C2)cn1. The molecule has 5 nitrogen and oxygen atoms in total. The number of aromatic nitrogens is 2. The minimum atomic E-state index is -0.0817. The number of aryl methyl sites for hydroxylation is 1. The van der Waals surface area contributed by atoms with Crippen LogP contribution in [-0.4, -0.2) is 46.6 Å². The molecular weight excluding hydrogens is 362 g/mol. The van der Waals surface area contributed by atoms with Gasteiger partial charge < -0.3 is 9.64 Å². The summed E-state index contributed by atoms with van der Waals surface area (Å²) in [4.78, 5) is 23.1. The Morgan fingerprint density at radius 2 is 1.69 bits per heavy atom. The second-order valence-electron chi connectivity index (χ2n) is 7.40. The molecule has 0 N–H and O–H groups in total. The number of ether oxygens (including phenoxy) is 1. The summed E-state index contributed by atoms with van der Waals surface area (Å²) in [7, 11) is 0. The summed E-state index contributed by atoms with van der Waals surface area (Å²) in [5.41, 5.74) is 3.71. The maximum absolute atomic E-state index is 12.9. The number of carbonyl (C=O) groups is 1. The Labute approximate surface area is 171 Å². The number of hydrogen-bond acceptors (Lipinski definition) is 4. The van der Waals surface area contributed by atoms with Crippen LogP contribution in [0.15, 0.2) is 73.1 Å². The Morgan fingerprint density at radius 1 is 1.03 bits per heavy atom. The topological polar surface area (TPSA) is 55.3 Å². The van der Waals surface area contributed by atoms with Crippen molar-refractivity contribution in [3.63, 3.8) is 0 Å². The van der Waals surface area contributed by atoms with Crippen LogP contribution in [0.4, 0.5) is 0 Å². The van der Waals surface area contributed by atoms with Crippen molar-refractivity contribution in [1.82, 2.24) is 14.9 Å². The van der Waals surface area contributed by atoms with Crippen molar-refractivity contribution in [2.45, 2.75) is 25.4 Å². The monoisotopic (exact) mass is 387 g/mol. The largest absolute Gasteiger partial charge is 0.375 e. The van der Waals surface area contributed by atoms with Gasteiger partial charge in [0, 0.05) is 25.2 Å². The molecule has 0 unspecified atom stereocenters. The first-order valence-corrected chi connectivity index (χ1v) is 10.00. The average molecular weight is 387 g/mol. The van der Waals surface area contributed by atoms with E-state index in [0.29, 0.717) is 25.4 Å². The van der Waals surface area contributed by atoms with Crippen molar-refractivity contribution < 1.29 is 9.53 Å². The van der Waals surface area contributed by atoms with Gasteiger partial charge in [-0.2, -0.15) is 0 Å². The number of rotatable bonds is 5. The van der Waals surface area contributed by atoms with E-state index in [1.165, 1.54) is 11.1 Å². The highest BCUT2D eigenvalue weighted by atomic mass is 16.5. The Kier molecular flexibility index (Phi) is 5.96. The third-order valence-electron chi connectivity index (χ3n) is 5.33.